The minimum atomic E-state index is -0.342. The molecule has 3 nitrogen and oxygen atoms in total. The van der Waals surface area contributed by atoms with Gasteiger partial charge in [-0.3, -0.25) is 0 Å². The Kier molecular flexibility index (Phi) is 4.05. The SMILES string of the molecule is CCOc1ccccc1C=C1C=C(c2ccccc2)OC1=O. The zero-order valence-corrected chi connectivity index (χ0v) is 12.3. The molecule has 0 radical (unpaired) electrons. The summed E-state index contributed by atoms with van der Waals surface area (Å²) in [6, 6.07) is 17.2. The van der Waals surface area contributed by atoms with Crippen LogP contribution < -0.4 is 4.74 Å². The number of hydrogen-bond donors (Lipinski definition) is 0. The average molecular weight is 292 g/mol. The molecule has 1 aliphatic rings. The molecule has 1 heterocycles. The van der Waals surface area contributed by atoms with E-state index in [9.17, 15) is 4.79 Å². The Hall–Kier alpha value is -2.81. The van der Waals surface area contributed by atoms with E-state index in [1.807, 2.05) is 61.5 Å². The first-order chi connectivity index (χ1) is 10.8. The van der Waals surface area contributed by atoms with Gasteiger partial charge in [-0.1, -0.05) is 48.5 Å². The van der Waals surface area contributed by atoms with Crippen molar-refractivity contribution in [3.63, 3.8) is 0 Å². The van der Waals surface area contributed by atoms with Crippen molar-refractivity contribution in [3.05, 3.63) is 77.4 Å². The van der Waals surface area contributed by atoms with Crippen molar-refractivity contribution < 1.29 is 14.3 Å². The van der Waals surface area contributed by atoms with Crippen molar-refractivity contribution >= 4 is 17.8 Å². The highest BCUT2D eigenvalue weighted by Gasteiger charge is 2.22. The maximum absolute atomic E-state index is 12.0. The second-order valence-electron chi connectivity index (χ2n) is 4.83. The number of rotatable bonds is 4. The zero-order chi connectivity index (χ0) is 15.4. The van der Waals surface area contributed by atoms with Crippen LogP contribution >= 0.6 is 0 Å². The molecule has 0 aliphatic carbocycles. The molecule has 2 aromatic carbocycles. The lowest BCUT2D eigenvalue weighted by atomic mass is 10.1. The minimum Gasteiger partial charge on any atom is -0.493 e. The molecule has 1 aliphatic heterocycles. The second-order valence-corrected chi connectivity index (χ2v) is 4.83. The van der Waals surface area contributed by atoms with Crippen LogP contribution in [0.3, 0.4) is 0 Å². The molecule has 0 saturated carbocycles. The van der Waals surface area contributed by atoms with E-state index in [2.05, 4.69) is 0 Å². The average Bonchev–Trinajstić information content (AvgIpc) is 2.91. The van der Waals surface area contributed by atoms with Crippen molar-refractivity contribution in [1.29, 1.82) is 0 Å². The van der Waals surface area contributed by atoms with Crippen LogP contribution in [0.15, 0.2) is 66.2 Å². The summed E-state index contributed by atoms with van der Waals surface area (Å²) < 4.78 is 10.9. The highest BCUT2D eigenvalue weighted by atomic mass is 16.5. The smallest absolute Gasteiger partial charge is 0.343 e. The van der Waals surface area contributed by atoms with Gasteiger partial charge in [-0.15, -0.1) is 0 Å². The molecule has 0 saturated heterocycles. The molecule has 0 N–H and O–H groups in total. The molecule has 0 bridgehead atoms. The summed E-state index contributed by atoms with van der Waals surface area (Å²) in [5, 5.41) is 0. The number of benzene rings is 2. The lowest BCUT2D eigenvalue weighted by molar-refractivity contribution is -0.130. The van der Waals surface area contributed by atoms with Crippen molar-refractivity contribution in [2.24, 2.45) is 0 Å². The highest BCUT2D eigenvalue weighted by Crippen LogP contribution is 2.29. The lowest BCUT2D eigenvalue weighted by Crippen LogP contribution is -1.98. The maximum atomic E-state index is 12.0. The predicted molar refractivity (Wildman–Crippen MR) is 86.1 cm³/mol. The summed E-state index contributed by atoms with van der Waals surface area (Å²) >= 11 is 0. The first kappa shape index (κ1) is 14.1. The number of para-hydroxylation sites is 1. The van der Waals surface area contributed by atoms with Crippen LogP contribution in [-0.2, 0) is 9.53 Å². The van der Waals surface area contributed by atoms with Gasteiger partial charge in [0.2, 0.25) is 0 Å². The summed E-state index contributed by atoms with van der Waals surface area (Å²) in [7, 11) is 0. The van der Waals surface area contributed by atoms with E-state index in [1.54, 1.807) is 12.2 Å². The van der Waals surface area contributed by atoms with E-state index in [1.165, 1.54) is 0 Å². The quantitative estimate of drug-likeness (QED) is 0.629. The number of hydrogen-bond acceptors (Lipinski definition) is 3. The standard InChI is InChI=1S/C19H16O3/c1-2-21-17-11-7-6-10-15(17)12-16-13-18(22-19(16)20)14-8-4-3-5-9-14/h3-13H,2H2,1H3. The molecule has 0 spiro atoms. The first-order valence-electron chi connectivity index (χ1n) is 7.21. The molecule has 3 heteroatoms. The molecular weight excluding hydrogens is 276 g/mol. The van der Waals surface area contributed by atoms with E-state index < -0.39 is 0 Å². The Balaban J connectivity index is 1.95. The van der Waals surface area contributed by atoms with E-state index in [0.29, 0.717) is 17.9 Å². The van der Waals surface area contributed by atoms with Crippen molar-refractivity contribution in [3.8, 4) is 5.75 Å². The van der Waals surface area contributed by atoms with Crippen LogP contribution in [0.4, 0.5) is 0 Å². The summed E-state index contributed by atoms with van der Waals surface area (Å²) in [5.74, 6) is 0.989. The third-order valence-electron chi connectivity index (χ3n) is 3.31. The maximum Gasteiger partial charge on any atom is 0.343 e. The first-order valence-corrected chi connectivity index (χ1v) is 7.21. The van der Waals surface area contributed by atoms with E-state index in [4.69, 9.17) is 9.47 Å². The van der Waals surface area contributed by atoms with Crippen LogP contribution in [-0.4, -0.2) is 12.6 Å². The van der Waals surface area contributed by atoms with Gasteiger partial charge in [-0.05, 0) is 25.1 Å². The molecule has 0 fully saturated rings. The number of cyclic esters (lactones) is 1. The van der Waals surface area contributed by atoms with Crippen LogP contribution in [0.2, 0.25) is 0 Å². The van der Waals surface area contributed by atoms with Crippen molar-refractivity contribution in [2.45, 2.75) is 6.92 Å². The van der Waals surface area contributed by atoms with E-state index >= 15 is 0 Å². The predicted octanol–water partition coefficient (Wildman–Crippen LogP) is 4.07. The number of ether oxygens (including phenoxy) is 2. The lowest BCUT2D eigenvalue weighted by Gasteiger charge is -2.06. The minimum absolute atomic E-state index is 0.342. The van der Waals surface area contributed by atoms with Gasteiger partial charge in [0.1, 0.15) is 11.5 Å². The number of carbonyl (C=O) groups is 1. The molecular formula is C19H16O3. The number of carbonyl (C=O) groups excluding carboxylic acids is 1. The van der Waals surface area contributed by atoms with Gasteiger partial charge in [0.05, 0.1) is 12.2 Å². The molecule has 0 unspecified atom stereocenters. The summed E-state index contributed by atoms with van der Waals surface area (Å²) in [5.41, 5.74) is 2.27. The normalized spacial score (nSPS) is 15.6. The summed E-state index contributed by atoms with van der Waals surface area (Å²) in [6.45, 7) is 2.51. The molecule has 110 valence electrons. The fourth-order valence-corrected chi connectivity index (χ4v) is 2.29. The van der Waals surface area contributed by atoms with E-state index in [-0.39, 0.29) is 5.97 Å². The van der Waals surface area contributed by atoms with Crippen molar-refractivity contribution in [2.75, 3.05) is 6.61 Å². The van der Waals surface area contributed by atoms with Gasteiger partial charge in [0.25, 0.3) is 0 Å². The number of esters is 1. The third kappa shape index (κ3) is 2.93. The summed E-state index contributed by atoms with van der Waals surface area (Å²) in [6.07, 6.45) is 3.56. The Morgan fingerprint density at radius 1 is 1.05 bits per heavy atom. The Morgan fingerprint density at radius 3 is 2.55 bits per heavy atom. The molecule has 2 aromatic rings. The van der Waals surface area contributed by atoms with Gasteiger partial charge in [-0.25, -0.2) is 4.79 Å². The molecule has 22 heavy (non-hydrogen) atoms. The van der Waals surface area contributed by atoms with Gasteiger partial charge in [-0.2, -0.15) is 0 Å². The van der Waals surface area contributed by atoms with E-state index in [0.717, 1.165) is 16.9 Å². The molecule has 3 rings (SSSR count). The Labute approximate surface area is 129 Å². The van der Waals surface area contributed by atoms with Crippen LogP contribution in [0.25, 0.3) is 11.8 Å². The monoisotopic (exact) mass is 292 g/mol. The third-order valence-corrected chi connectivity index (χ3v) is 3.31. The molecule has 0 amide bonds. The Bertz CT molecular complexity index is 742. The van der Waals surface area contributed by atoms with Crippen molar-refractivity contribution in [1.82, 2.24) is 0 Å². The molecule has 0 atom stereocenters. The largest absolute Gasteiger partial charge is 0.493 e. The van der Waals surface area contributed by atoms with Gasteiger partial charge >= 0.3 is 5.97 Å². The Morgan fingerprint density at radius 2 is 1.77 bits per heavy atom. The second kappa shape index (κ2) is 6.31. The van der Waals surface area contributed by atoms with Gasteiger partial charge < -0.3 is 9.47 Å². The fraction of sp³-hybridized carbons (Fsp3) is 0.105. The van der Waals surface area contributed by atoms with Crippen LogP contribution in [0, 0.1) is 0 Å². The van der Waals surface area contributed by atoms with Gasteiger partial charge in [0.15, 0.2) is 0 Å². The molecule has 0 aromatic heterocycles. The highest BCUT2D eigenvalue weighted by molar-refractivity contribution is 6.05. The van der Waals surface area contributed by atoms with Crippen LogP contribution in [0.1, 0.15) is 18.1 Å². The zero-order valence-electron chi connectivity index (χ0n) is 12.3. The van der Waals surface area contributed by atoms with Gasteiger partial charge in [0, 0.05) is 11.1 Å². The fourth-order valence-electron chi connectivity index (χ4n) is 2.29. The van der Waals surface area contributed by atoms with Crippen LogP contribution in [0.5, 0.6) is 5.75 Å². The summed E-state index contributed by atoms with van der Waals surface area (Å²) in [4.78, 5) is 12.0. The topological polar surface area (TPSA) is 35.5 Å².